The van der Waals surface area contributed by atoms with E-state index < -0.39 is 10.0 Å². The molecule has 1 aromatic carbocycles. The van der Waals surface area contributed by atoms with Crippen molar-refractivity contribution in [2.24, 2.45) is 11.1 Å². The number of benzene rings is 1. The molecule has 1 aliphatic carbocycles. The van der Waals surface area contributed by atoms with E-state index in [9.17, 15) is 13.5 Å². The zero-order chi connectivity index (χ0) is 15.5. The van der Waals surface area contributed by atoms with Crippen LogP contribution in [0.2, 0.25) is 5.02 Å². The fraction of sp³-hybridized carbons (Fsp3) is 0.467. The molecule has 0 heterocycles. The van der Waals surface area contributed by atoms with Crippen molar-refractivity contribution in [2.45, 2.75) is 37.0 Å². The highest BCUT2D eigenvalue weighted by molar-refractivity contribution is 7.89. The molecule has 6 heteroatoms. The third-order valence-electron chi connectivity index (χ3n) is 3.93. The summed E-state index contributed by atoms with van der Waals surface area (Å²) in [5, 5.41) is 14.8. The van der Waals surface area contributed by atoms with Crippen LogP contribution in [0, 0.1) is 5.92 Å². The highest BCUT2D eigenvalue weighted by Crippen LogP contribution is 2.31. The Bertz CT molecular complexity index is 634. The van der Waals surface area contributed by atoms with Gasteiger partial charge in [0.25, 0.3) is 0 Å². The molecule has 0 amide bonds. The summed E-state index contributed by atoms with van der Waals surface area (Å²) in [6, 6.07) is 4.63. The van der Waals surface area contributed by atoms with E-state index in [1.807, 2.05) is 6.08 Å². The molecule has 116 valence electrons. The molecule has 1 aromatic rings. The maximum Gasteiger partial charge on any atom is 0.239 e. The van der Waals surface area contributed by atoms with Crippen LogP contribution in [0.1, 0.15) is 37.7 Å². The van der Waals surface area contributed by atoms with Crippen molar-refractivity contribution >= 4 is 27.7 Å². The summed E-state index contributed by atoms with van der Waals surface area (Å²) in [4.78, 5) is -0.0791. The van der Waals surface area contributed by atoms with Gasteiger partial charge in [-0.15, -0.1) is 0 Å². The Balaban J connectivity index is 2.28. The average Bonchev–Trinajstić information content (AvgIpc) is 2.44. The Labute approximate surface area is 130 Å². The van der Waals surface area contributed by atoms with Crippen LogP contribution in [-0.2, 0) is 10.0 Å². The van der Waals surface area contributed by atoms with Gasteiger partial charge < -0.3 is 5.11 Å². The van der Waals surface area contributed by atoms with E-state index in [0.717, 1.165) is 24.0 Å². The second-order valence-electron chi connectivity index (χ2n) is 5.45. The highest BCUT2D eigenvalue weighted by Gasteiger charge is 2.18. The molecule has 0 unspecified atom stereocenters. The van der Waals surface area contributed by atoms with Gasteiger partial charge in [0, 0.05) is 0 Å². The molecular formula is C15H20ClNO3S. The van der Waals surface area contributed by atoms with E-state index in [1.54, 1.807) is 12.1 Å². The van der Waals surface area contributed by atoms with E-state index in [4.69, 9.17) is 16.7 Å². The normalized spacial score (nSPS) is 18.0. The molecule has 2 rings (SSSR count). The van der Waals surface area contributed by atoms with Crippen molar-refractivity contribution in [2.75, 3.05) is 6.61 Å². The van der Waals surface area contributed by atoms with Crippen molar-refractivity contribution < 1.29 is 13.5 Å². The number of nitrogens with two attached hydrogens (primary N) is 1. The Morgan fingerprint density at radius 1 is 1.33 bits per heavy atom. The van der Waals surface area contributed by atoms with Gasteiger partial charge in [0.2, 0.25) is 10.0 Å². The standard InChI is InChI=1S/C15H20ClNO3S/c16-14-9-11(6-7-15(14)21(17,19)20)8-13(10-18)12-4-2-1-3-5-12/h6-9,12,18H,1-5,10H2,(H2,17,19,20)/b13-8-. The monoisotopic (exact) mass is 329 g/mol. The third kappa shape index (κ3) is 4.30. The zero-order valence-corrected chi connectivity index (χ0v) is 13.3. The molecule has 0 radical (unpaired) electrons. The zero-order valence-electron chi connectivity index (χ0n) is 11.8. The van der Waals surface area contributed by atoms with Crippen LogP contribution in [-0.4, -0.2) is 20.1 Å². The molecule has 3 N–H and O–H groups in total. The fourth-order valence-electron chi connectivity index (χ4n) is 2.82. The Morgan fingerprint density at radius 2 is 2.00 bits per heavy atom. The number of aliphatic hydroxyl groups is 1. The second kappa shape index (κ2) is 6.92. The quantitative estimate of drug-likeness (QED) is 0.891. The van der Waals surface area contributed by atoms with E-state index in [0.29, 0.717) is 5.92 Å². The number of hydrogen-bond donors (Lipinski definition) is 2. The summed E-state index contributed by atoms with van der Waals surface area (Å²) < 4.78 is 22.7. The Kier molecular flexibility index (Phi) is 5.43. The van der Waals surface area contributed by atoms with Gasteiger partial charge in [0.05, 0.1) is 11.6 Å². The number of rotatable bonds is 4. The molecule has 0 spiro atoms. The van der Waals surface area contributed by atoms with Crippen LogP contribution < -0.4 is 5.14 Å². The average molecular weight is 330 g/mol. The molecule has 1 saturated carbocycles. The highest BCUT2D eigenvalue weighted by atomic mass is 35.5. The van der Waals surface area contributed by atoms with Crippen LogP contribution >= 0.6 is 11.6 Å². The number of halogens is 1. The van der Waals surface area contributed by atoms with E-state index in [2.05, 4.69) is 0 Å². The molecule has 0 bridgehead atoms. The van der Waals surface area contributed by atoms with Gasteiger partial charge in [-0.05, 0) is 42.0 Å². The van der Waals surface area contributed by atoms with Crippen molar-refractivity contribution in [3.63, 3.8) is 0 Å². The molecule has 0 saturated heterocycles. The maximum absolute atomic E-state index is 11.3. The van der Waals surface area contributed by atoms with Gasteiger partial charge in [-0.3, -0.25) is 0 Å². The maximum atomic E-state index is 11.3. The molecule has 1 aliphatic rings. The summed E-state index contributed by atoms with van der Waals surface area (Å²) in [5.74, 6) is 0.403. The van der Waals surface area contributed by atoms with Gasteiger partial charge in [0.15, 0.2) is 0 Å². The van der Waals surface area contributed by atoms with Gasteiger partial charge in [-0.1, -0.05) is 43.0 Å². The predicted octanol–water partition coefficient (Wildman–Crippen LogP) is 2.94. The largest absolute Gasteiger partial charge is 0.392 e. The van der Waals surface area contributed by atoms with Crippen molar-refractivity contribution in [3.05, 3.63) is 34.4 Å². The lowest BCUT2D eigenvalue weighted by molar-refractivity contribution is 0.295. The Morgan fingerprint density at radius 3 is 2.52 bits per heavy atom. The first-order chi connectivity index (χ1) is 9.91. The second-order valence-corrected chi connectivity index (χ2v) is 7.38. The van der Waals surface area contributed by atoms with Crippen LogP contribution in [0.4, 0.5) is 0 Å². The minimum Gasteiger partial charge on any atom is -0.392 e. The first-order valence-electron chi connectivity index (χ1n) is 7.05. The summed E-state index contributed by atoms with van der Waals surface area (Å²) >= 11 is 5.98. The molecule has 4 nitrogen and oxygen atoms in total. The SMILES string of the molecule is NS(=O)(=O)c1ccc(/C=C(/CO)C2CCCCC2)cc1Cl. The minimum atomic E-state index is -3.81. The van der Waals surface area contributed by atoms with Crippen LogP contribution in [0.5, 0.6) is 0 Å². The lowest BCUT2D eigenvalue weighted by atomic mass is 9.83. The van der Waals surface area contributed by atoms with Gasteiger partial charge in [0.1, 0.15) is 4.90 Å². The summed E-state index contributed by atoms with van der Waals surface area (Å²) in [6.45, 7) is 0.0131. The first-order valence-corrected chi connectivity index (χ1v) is 8.98. The van der Waals surface area contributed by atoms with Gasteiger partial charge in [-0.2, -0.15) is 0 Å². The summed E-state index contributed by atoms with van der Waals surface area (Å²) in [5.41, 5.74) is 1.76. The number of aliphatic hydroxyl groups excluding tert-OH is 1. The number of hydrogen-bond acceptors (Lipinski definition) is 3. The molecule has 0 aliphatic heterocycles. The third-order valence-corrected chi connectivity index (χ3v) is 5.32. The lowest BCUT2D eigenvalue weighted by Gasteiger charge is -2.23. The fourth-order valence-corrected chi connectivity index (χ4v) is 3.92. The minimum absolute atomic E-state index is 0.0131. The van der Waals surface area contributed by atoms with Gasteiger partial charge >= 0.3 is 0 Å². The summed E-state index contributed by atoms with van der Waals surface area (Å²) in [7, 11) is -3.81. The first kappa shape index (κ1) is 16.5. The van der Waals surface area contributed by atoms with Crippen LogP contribution in [0.3, 0.4) is 0 Å². The number of sulfonamides is 1. The van der Waals surface area contributed by atoms with Crippen LogP contribution in [0.25, 0.3) is 6.08 Å². The molecular weight excluding hydrogens is 310 g/mol. The van der Waals surface area contributed by atoms with Crippen LogP contribution in [0.15, 0.2) is 28.7 Å². The smallest absolute Gasteiger partial charge is 0.239 e. The van der Waals surface area contributed by atoms with E-state index >= 15 is 0 Å². The summed E-state index contributed by atoms with van der Waals surface area (Å²) in [6.07, 6.45) is 7.71. The van der Waals surface area contributed by atoms with Crippen molar-refractivity contribution in [3.8, 4) is 0 Å². The molecule has 0 aromatic heterocycles. The molecule has 21 heavy (non-hydrogen) atoms. The predicted molar refractivity (Wildman–Crippen MR) is 84.5 cm³/mol. The van der Waals surface area contributed by atoms with Gasteiger partial charge in [-0.25, -0.2) is 13.6 Å². The molecule has 1 fully saturated rings. The van der Waals surface area contributed by atoms with E-state index in [1.165, 1.54) is 25.3 Å². The van der Waals surface area contributed by atoms with E-state index in [-0.39, 0.29) is 16.5 Å². The van der Waals surface area contributed by atoms with Crippen molar-refractivity contribution in [1.82, 2.24) is 0 Å². The Hall–Kier alpha value is -0.880. The van der Waals surface area contributed by atoms with Crippen molar-refractivity contribution in [1.29, 1.82) is 0 Å². The lowest BCUT2D eigenvalue weighted by Crippen LogP contribution is -2.13. The topological polar surface area (TPSA) is 80.4 Å². The molecule has 0 atom stereocenters. The number of primary sulfonamides is 1.